The maximum atomic E-state index is 11.6. The van der Waals surface area contributed by atoms with E-state index < -0.39 is 155 Å². The minimum absolute atomic E-state index is 0.00228. The fourth-order valence-corrected chi connectivity index (χ4v) is 15.3. The second-order valence-corrected chi connectivity index (χ2v) is 24.0. The fraction of sp³-hybridized carbons (Fsp3) is 0.962. The highest BCUT2D eigenvalue weighted by molar-refractivity contribution is 5.26. The standard InChI is InChI=1S/C52H86O23/c1-21(20-67-46-41(63)39(61)35(57)30(17-53)70-46)9-14-52(66-6)22(2)33-29(75-52)16-28-26-8-7-24-15-25(10-12-50(24,4)27(26)11-13-51(28,33)5)69-49-45(74-47-42(64)38(60)34(56)23(3)68-47)44(37(59)32(19-55)72-49)73-48-43(65)40(62)36(58)31(18-54)71-48/h7,21-23,25-49,53-65H,8-20H2,1-6H3/t21-,22+,23+,25+,26-,27+,28+,29+,30-,31-,32-,33+,34+,35-,36-,37-,38-,39+,40+,41-,42-,43-,44+,45-,46-,47+,48+,49-,50+,51+,52-/m1/s1. The van der Waals surface area contributed by atoms with Crippen molar-refractivity contribution in [2.75, 3.05) is 33.5 Å². The number of aliphatic hydroxyl groups excluding tert-OH is 13. The van der Waals surface area contributed by atoms with Crippen LogP contribution in [0.1, 0.15) is 92.4 Å². The lowest BCUT2D eigenvalue weighted by molar-refractivity contribution is -0.394. The van der Waals surface area contributed by atoms with E-state index in [1.807, 2.05) is 6.92 Å². The van der Waals surface area contributed by atoms with Crippen molar-refractivity contribution in [3.8, 4) is 0 Å². The summed E-state index contributed by atoms with van der Waals surface area (Å²) in [6.45, 7) is 8.74. The van der Waals surface area contributed by atoms with Crippen LogP contribution in [0.4, 0.5) is 0 Å². The highest BCUT2D eigenvalue weighted by atomic mass is 16.8. The van der Waals surface area contributed by atoms with Gasteiger partial charge >= 0.3 is 0 Å². The third kappa shape index (κ3) is 10.5. The first-order valence-electron chi connectivity index (χ1n) is 27.3. The molecule has 9 aliphatic rings. The van der Waals surface area contributed by atoms with Crippen LogP contribution in [0.25, 0.3) is 0 Å². The zero-order valence-electron chi connectivity index (χ0n) is 43.8. The van der Waals surface area contributed by atoms with Gasteiger partial charge in [0, 0.05) is 19.4 Å². The van der Waals surface area contributed by atoms with Crippen molar-refractivity contribution in [1.29, 1.82) is 0 Å². The number of hydrogen-bond acceptors (Lipinski definition) is 23. The molecule has 3 saturated carbocycles. The Balaban J connectivity index is 0.871. The first-order chi connectivity index (χ1) is 35.6. The van der Waals surface area contributed by atoms with Gasteiger partial charge in [-0.05, 0) is 98.7 Å². The molecule has 8 fully saturated rings. The van der Waals surface area contributed by atoms with Crippen LogP contribution in [0.5, 0.6) is 0 Å². The third-order valence-corrected chi connectivity index (χ3v) is 19.8. The van der Waals surface area contributed by atoms with E-state index in [4.69, 9.17) is 47.4 Å². The van der Waals surface area contributed by atoms with Crippen LogP contribution in [-0.2, 0) is 47.4 Å². The quantitative estimate of drug-likeness (QED) is 0.0720. The third-order valence-electron chi connectivity index (χ3n) is 19.8. The Labute approximate surface area is 437 Å². The van der Waals surface area contributed by atoms with Crippen molar-refractivity contribution >= 4 is 0 Å². The molecule has 0 aromatic carbocycles. The predicted octanol–water partition coefficient (Wildman–Crippen LogP) is -2.35. The van der Waals surface area contributed by atoms with Crippen molar-refractivity contribution in [3.05, 3.63) is 11.6 Å². The van der Waals surface area contributed by atoms with E-state index in [2.05, 4.69) is 26.8 Å². The Morgan fingerprint density at radius 2 is 1.21 bits per heavy atom. The van der Waals surface area contributed by atoms with Crippen LogP contribution in [0.15, 0.2) is 11.6 Å². The Morgan fingerprint density at radius 3 is 1.85 bits per heavy atom. The molecule has 5 saturated heterocycles. The highest BCUT2D eigenvalue weighted by Crippen LogP contribution is 2.70. The number of methoxy groups -OCH3 is 1. The van der Waals surface area contributed by atoms with Gasteiger partial charge in [0.25, 0.3) is 0 Å². The molecule has 4 aliphatic carbocycles. The number of allylic oxidation sites excluding steroid dienone is 1. The summed E-state index contributed by atoms with van der Waals surface area (Å²) in [7, 11) is 1.71. The van der Waals surface area contributed by atoms with Crippen LogP contribution < -0.4 is 0 Å². The van der Waals surface area contributed by atoms with Crippen LogP contribution in [-0.4, -0.2) is 241 Å². The molecule has 31 atom stereocenters. The smallest absolute Gasteiger partial charge is 0.187 e. The van der Waals surface area contributed by atoms with Crippen LogP contribution in [0.3, 0.4) is 0 Å². The molecule has 5 heterocycles. The van der Waals surface area contributed by atoms with Gasteiger partial charge in [0.15, 0.2) is 30.9 Å². The van der Waals surface area contributed by atoms with E-state index in [1.54, 1.807) is 7.11 Å². The molecular weight excluding hydrogens is 993 g/mol. The van der Waals surface area contributed by atoms with Gasteiger partial charge in [-0.2, -0.15) is 0 Å². The highest BCUT2D eigenvalue weighted by Gasteiger charge is 2.68. The lowest BCUT2D eigenvalue weighted by Crippen LogP contribution is -2.67. The van der Waals surface area contributed by atoms with Crippen molar-refractivity contribution in [3.63, 3.8) is 0 Å². The molecule has 23 nitrogen and oxygen atoms in total. The Bertz CT molecular complexity index is 1930. The molecule has 0 radical (unpaired) electrons. The zero-order valence-corrected chi connectivity index (χ0v) is 43.8. The van der Waals surface area contributed by atoms with Crippen molar-refractivity contribution in [2.24, 2.45) is 46.3 Å². The normalized spacial score (nSPS) is 54.3. The van der Waals surface area contributed by atoms with E-state index >= 15 is 0 Å². The first kappa shape index (κ1) is 58.5. The van der Waals surface area contributed by atoms with E-state index in [1.165, 1.54) is 12.5 Å². The molecule has 23 heteroatoms. The maximum absolute atomic E-state index is 11.6. The van der Waals surface area contributed by atoms with Crippen LogP contribution >= 0.6 is 0 Å². The van der Waals surface area contributed by atoms with E-state index in [0.717, 1.165) is 32.1 Å². The number of hydrogen-bond donors (Lipinski definition) is 13. The Hall–Kier alpha value is -1.18. The average Bonchev–Trinajstić information content (AvgIpc) is 3.92. The molecule has 13 N–H and O–H groups in total. The summed E-state index contributed by atoms with van der Waals surface area (Å²) in [6, 6.07) is 0. The molecule has 0 spiro atoms. The lowest BCUT2D eigenvalue weighted by atomic mass is 9.47. The molecule has 9 rings (SSSR count). The van der Waals surface area contributed by atoms with Gasteiger partial charge in [0.1, 0.15) is 91.6 Å². The Morgan fingerprint density at radius 1 is 0.640 bits per heavy atom. The number of fused-ring (bicyclic) bond motifs is 7. The molecule has 0 aromatic heterocycles. The summed E-state index contributed by atoms with van der Waals surface area (Å²) in [5.41, 5.74) is 1.11. The molecule has 75 heavy (non-hydrogen) atoms. The van der Waals surface area contributed by atoms with Gasteiger partial charge in [-0.15, -0.1) is 0 Å². The van der Waals surface area contributed by atoms with Gasteiger partial charge in [-0.1, -0.05) is 39.3 Å². The average molecular weight is 1080 g/mol. The summed E-state index contributed by atoms with van der Waals surface area (Å²) in [5, 5.41) is 137. The summed E-state index contributed by atoms with van der Waals surface area (Å²) < 4.78 is 61.6. The van der Waals surface area contributed by atoms with E-state index in [-0.39, 0.29) is 41.3 Å². The van der Waals surface area contributed by atoms with Crippen molar-refractivity contribution in [2.45, 2.75) is 233 Å². The van der Waals surface area contributed by atoms with Crippen LogP contribution in [0, 0.1) is 46.3 Å². The SMILES string of the molecule is CO[C@]1(CC[C@@H](C)CO[C@@H]2O[C@H](CO)[C@@H](O)[C@H](O)[C@H]2O)O[C@H]2C[C@H]3[C@@H]4CC=C5C[C@@H](O[C@@H]6O[C@H](CO)[C@@H](O)[C@H](O[C@@H]7O[C@H](CO)[C@@H](O)[C@H](O)[C@H]7O)[C@H]6O[C@@H]6O[C@@H](C)[C@H](O)[C@@H](O)[C@H]6O)CC[C@]5(C)[C@H]4CC[C@]3(C)[C@H]2[C@@H]1C. The largest absolute Gasteiger partial charge is 0.394 e. The second kappa shape index (κ2) is 23.0. The van der Waals surface area contributed by atoms with E-state index in [0.29, 0.717) is 43.4 Å². The molecule has 5 aliphatic heterocycles. The summed E-state index contributed by atoms with van der Waals surface area (Å²) in [6.07, 6.45) is -21.5. The summed E-state index contributed by atoms with van der Waals surface area (Å²) >= 11 is 0. The van der Waals surface area contributed by atoms with Crippen molar-refractivity contribution < 1.29 is 114 Å². The molecular formula is C52H86O23. The molecule has 0 bridgehead atoms. The summed E-state index contributed by atoms with van der Waals surface area (Å²) in [5.74, 6) is 0.765. The minimum Gasteiger partial charge on any atom is -0.394 e. The molecule has 0 aromatic rings. The second-order valence-electron chi connectivity index (χ2n) is 24.0. The van der Waals surface area contributed by atoms with Gasteiger partial charge in [-0.25, -0.2) is 0 Å². The van der Waals surface area contributed by atoms with Crippen molar-refractivity contribution in [1.82, 2.24) is 0 Å². The molecule has 0 amide bonds. The Kier molecular flexibility index (Phi) is 17.9. The van der Waals surface area contributed by atoms with Gasteiger partial charge in [0.05, 0.1) is 44.7 Å². The maximum Gasteiger partial charge on any atom is 0.187 e. The topological polar surface area (TPSA) is 355 Å². The predicted molar refractivity (Wildman–Crippen MR) is 255 cm³/mol. The van der Waals surface area contributed by atoms with Crippen LogP contribution in [0.2, 0.25) is 0 Å². The van der Waals surface area contributed by atoms with E-state index in [9.17, 15) is 66.4 Å². The summed E-state index contributed by atoms with van der Waals surface area (Å²) in [4.78, 5) is 0. The first-order valence-corrected chi connectivity index (χ1v) is 27.3. The molecule has 432 valence electrons. The number of ether oxygens (including phenoxy) is 10. The lowest BCUT2D eigenvalue weighted by Gasteiger charge is -2.58. The number of aliphatic hydroxyl groups is 13. The van der Waals surface area contributed by atoms with Gasteiger partial charge in [0.2, 0.25) is 0 Å². The zero-order chi connectivity index (χ0) is 54.2. The molecule has 0 unspecified atom stereocenters. The van der Waals surface area contributed by atoms with Gasteiger partial charge < -0.3 is 114 Å². The number of rotatable bonds is 16. The fourth-order valence-electron chi connectivity index (χ4n) is 15.3. The monoisotopic (exact) mass is 1080 g/mol. The minimum atomic E-state index is -1.88. The van der Waals surface area contributed by atoms with Gasteiger partial charge in [-0.3, -0.25) is 0 Å².